The van der Waals surface area contributed by atoms with E-state index in [-0.39, 0.29) is 17.5 Å². The summed E-state index contributed by atoms with van der Waals surface area (Å²) in [6, 6.07) is 7.62. The van der Waals surface area contributed by atoms with Crippen molar-refractivity contribution in [2.75, 3.05) is 7.05 Å². The normalized spacial score (nSPS) is 17.0. The van der Waals surface area contributed by atoms with Crippen LogP contribution in [-0.2, 0) is 11.2 Å². The number of fused-ring (bicyclic) bond motifs is 1. The van der Waals surface area contributed by atoms with Crippen LogP contribution in [0.5, 0.6) is 0 Å². The predicted octanol–water partition coefficient (Wildman–Crippen LogP) is 1.41. The molecular weight excluding hydrogens is 252 g/mol. The number of nitrogens with zero attached hydrogens (tertiary/aromatic N) is 1. The summed E-state index contributed by atoms with van der Waals surface area (Å²) < 4.78 is 0. The summed E-state index contributed by atoms with van der Waals surface area (Å²) in [7, 11) is 1.69. The third kappa shape index (κ3) is 2.69. The summed E-state index contributed by atoms with van der Waals surface area (Å²) in [5.41, 5.74) is 3.11. The standard InChI is InChI=1S/C15H16N4O/c1-18-9-12(8-17)15(20)19-14-5-3-11-6-10(7-16)2-4-13(11)14/h2,4,6,8-9,14,17-18H,3,5H2,1H3,(H,19,20)/b12-9+,17-8?. The summed E-state index contributed by atoms with van der Waals surface area (Å²) in [6.07, 6.45) is 4.20. The molecule has 0 saturated carbocycles. The van der Waals surface area contributed by atoms with Crippen LogP contribution in [0.2, 0.25) is 0 Å². The van der Waals surface area contributed by atoms with E-state index in [0.29, 0.717) is 5.56 Å². The minimum absolute atomic E-state index is 0.0505. The predicted molar refractivity (Wildman–Crippen MR) is 76.3 cm³/mol. The fraction of sp³-hybridized carbons (Fsp3) is 0.267. The van der Waals surface area contributed by atoms with Crippen molar-refractivity contribution in [3.63, 3.8) is 0 Å². The van der Waals surface area contributed by atoms with E-state index in [4.69, 9.17) is 10.7 Å². The number of carbonyl (C=O) groups excluding carboxylic acids is 1. The van der Waals surface area contributed by atoms with Gasteiger partial charge in [-0.2, -0.15) is 5.26 Å². The monoisotopic (exact) mass is 268 g/mol. The van der Waals surface area contributed by atoms with Crippen LogP contribution in [0.1, 0.15) is 29.2 Å². The second kappa shape index (κ2) is 6.02. The fourth-order valence-electron chi connectivity index (χ4n) is 2.41. The lowest BCUT2D eigenvalue weighted by atomic mass is 10.0. The highest BCUT2D eigenvalue weighted by Crippen LogP contribution is 2.31. The van der Waals surface area contributed by atoms with E-state index in [1.807, 2.05) is 12.1 Å². The molecule has 1 aromatic rings. The van der Waals surface area contributed by atoms with Crippen LogP contribution in [0.25, 0.3) is 0 Å². The van der Waals surface area contributed by atoms with Crippen molar-refractivity contribution in [3.05, 3.63) is 46.7 Å². The molecule has 1 aliphatic carbocycles. The number of benzene rings is 1. The Morgan fingerprint density at radius 2 is 2.35 bits per heavy atom. The van der Waals surface area contributed by atoms with Crippen LogP contribution in [0, 0.1) is 16.7 Å². The van der Waals surface area contributed by atoms with E-state index < -0.39 is 0 Å². The van der Waals surface area contributed by atoms with Crippen molar-refractivity contribution in [1.82, 2.24) is 10.6 Å². The van der Waals surface area contributed by atoms with Gasteiger partial charge in [-0.1, -0.05) is 6.07 Å². The lowest BCUT2D eigenvalue weighted by Crippen LogP contribution is -2.29. The number of nitrogens with one attached hydrogen (secondary N) is 3. The molecule has 1 atom stereocenters. The zero-order valence-corrected chi connectivity index (χ0v) is 11.2. The zero-order chi connectivity index (χ0) is 14.5. The molecule has 3 N–H and O–H groups in total. The Morgan fingerprint density at radius 3 is 3.00 bits per heavy atom. The molecule has 0 aliphatic heterocycles. The molecule has 5 heteroatoms. The van der Waals surface area contributed by atoms with Crippen LogP contribution in [0.4, 0.5) is 0 Å². The maximum atomic E-state index is 12.0. The number of hydrogen-bond acceptors (Lipinski definition) is 4. The number of aryl methyl sites for hydroxylation is 1. The molecule has 2 rings (SSSR count). The number of carbonyl (C=O) groups is 1. The molecule has 102 valence electrons. The molecule has 1 aromatic carbocycles. The Bertz CT molecular complexity index is 613. The number of amides is 1. The van der Waals surface area contributed by atoms with Crippen LogP contribution >= 0.6 is 0 Å². The molecule has 1 aliphatic rings. The van der Waals surface area contributed by atoms with E-state index in [1.165, 1.54) is 6.20 Å². The van der Waals surface area contributed by atoms with E-state index in [0.717, 1.165) is 30.2 Å². The van der Waals surface area contributed by atoms with Gasteiger partial charge in [0.15, 0.2) is 0 Å². The zero-order valence-electron chi connectivity index (χ0n) is 11.2. The number of rotatable bonds is 4. The smallest absolute Gasteiger partial charge is 0.254 e. The molecule has 1 amide bonds. The largest absolute Gasteiger partial charge is 0.393 e. The summed E-state index contributed by atoms with van der Waals surface area (Å²) >= 11 is 0. The van der Waals surface area contributed by atoms with Crippen molar-refractivity contribution in [2.45, 2.75) is 18.9 Å². The lowest BCUT2D eigenvalue weighted by molar-refractivity contribution is -0.117. The van der Waals surface area contributed by atoms with Gasteiger partial charge in [0.25, 0.3) is 5.91 Å². The van der Waals surface area contributed by atoms with Gasteiger partial charge < -0.3 is 16.0 Å². The molecule has 5 nitrogen and oxygen atoms in total. The summed E-state index contributed by atoms with van der Waals surface area (Å²) in [4.78, 5) is 12.0. The van der Waals surface area contributed by atoms with Gasteiger partial charge >= 0.3 is 0 Å². The Morgan fingerprint density at radius 1 is 1.55 bits per heavy atom. The Kier molecular flexibility index (Phi) is 4.16. The molecule has 1 unspecified atom stereocenters. The Labute approximate surface area is 117 Å². The lowest BCUT2D eigenvalue weighted by Gasteiger charge is -2.14. The third-order valence-corrected chi connectivity index (χ3v) is 3.37. The van der Waals surface area contributed by atoms with E-state index in [9.17, 15) is 4.79 Å². The second-order valence-electron chi connectivity index (χ2n) is 4.62. The highest BCUT2D eigenvalue weighted by Gasteiger charge is 2.24. The molecule has 0 fully saturated rings. The Balaban J connectivity index is 2.15. The topological polar surface area (TPSA) is 88.8 Å². The molecule has 20 heavy (non-hydrogen) atoms. The SMILES string of the molecule is CN/C=C(\C=N)C(=O)NC1CCc2cc(C#N)ccc21. The maximum Gasteiger partial charge on any atom is 0.254 e. The first-order valence-corrected chi connectivity index (χ1v) is 6.41. The van der Waals surface area contributed by atoms with Gasteiger partial charge in [0, 0.05) is 19.5 Å². The van der Waals surface area contributed by atoms with Gasteiger partial charge in [-0.15, -0.1) is 0 Å². The average Bonchev–Trinajstić information content (AvgIpc) is 2.86. The highest BCUT2D eigenvalue weighted by molar-refractivity contribution is 6.11. The summed E-state index contributed by atoms with van der Waals surface area (Å²) in [6.45, 7) is 0. The molecule has 0 saturated heterocycles. The fourth-order valence-corrected chi connectivity index (χ4v) is 2.41. The quantitative estimate of drug-likeness (QED) is 0.570. The minimum Gasteiger partial charge on any atom is -0.393 e. The third-order valence-electron chi connectivity index (χ3n) is 3.37. The van der Waals surface area contributed by atoms with Crippen LogP contribution in [0.15, 0.2) is 30.0 Å². The van der Waals surface area contributed by atoms with E-state index in [1.54, 1.807) is 13.1 Å². The maximum absolute atomic E-state index is 12.0. The second-order valence-corrected chi connectivity index (χ2v) is 4.62. The van der Waals surface area contributed by atoms with Crippen LogP contribution in [-0.4, -0.2) is 19.2 Å². The van der Waals surface area contributed by atoms with Gasteiger partial charge in [0.05, 0.1) is 23.2 Å². The van der Waals surface area contributed by atoms with Crippen molar-refractivity contribution in [1.29, 1.82) is 10.7 Å². The molecule has 0 bridgehead atoms. The summed E-state index contributed by atoms with van der Waals surface area (Å²) in [5, 5.41) is 21.8. The first kappa shape index (κ1) is 13.8. The van der Waals surface area contributed by atoms with Gasteiger partial charge in [-0.3, -0.25) is 4.79 Å². The molecular formula is C15H16N4O. The van der Waals surface area contributed by atoms with Crippen molar-refractivity contribution >= 4 is 12.1 Å². The minimum atomic E-state index is -0.267. The van der Waals surface area contributed by atoms with Crippen molar-refractivity contribution in [2.24, 2.45) is 0 Å². The molecule has 0 spiro atoms. The first-order chi connectivity index (χ1) is 9.69. The Hall–Kier alpha value is -2.61. The van der Waals surface area contributed by atoms with Gasteiger partial charge in [0.1, 0.15) is 0 Å². The van der Waals surface area contributed by atoms with Crippen LogP contribution in [0.3, 0.4) is 0 Å². The highest BCUT2D eigenvalue weighted by atomic mass is 16.1. The number of hydrogen-bond donors (Lipinski definition) is 3. The first-order valence-electron chi connectivity index (χ1n) is 6.41. The average molecular weight is 268 g/mol. The van der Waals surface area contributed by atoms with Crippen LogP contribution < -0.4 is 10.6 Å². The van der Waals surface area contributed by atoms with E-state index in [2.05, 4.69) is 16.7 Å². The van der Waals surface area contributed by atoms with Crippen molar-refractivity contribution in [3.8, 4) is 6.07 Å². The van der Waals surface area contributed by atoms with Gasteiger partial charge in [0.2, 0.25) is 0 Å². The molecule has 0 heterocycles. The van der Waals surface area contributed by atoms with Gasteiger partial charge in [-0.05, 0) is 36.1 Å². The molecule has 0 radical (unpaired) electrons. The van der Waals surface area contributed by atoms with Gasteiger partial charge in [-0.25, -0.2) is 0 Å². The number of nitriles is 1. The summed E-state index contributed by atoms with van der Waals surface area (Å²) in [5.74, 6) is -0.267. The van der Waals surface area contributed by atoms with Crippen molar-refractivity contribution < 1.29 is 4.79 Å². The van der Waals surface area contributed by atoms with E-state index >= 15 is 0 Å². The molecule has 0 aromatic heterocycles.